The van der Waals surface area contributed by atoms with Gasteiger partial charge in [0, 0.05) is 12.1 Å². The second-order valence-electron chi connectivity index (χ2n) is 2.92. The van der Waals surface area contributed by atoms with Gasteiger partial charge >= 0.3 is 0 Å². The molecule has 4 nitrogen and oxygen atoms in total. The molecule has 0 aliphatic heterocycles. The second kappa shape index (κ2) is 5.32. The minimum absolute atomic E-state index is 0.0238. The average Bonchev–Trinajstić information content (AvgIpc) is 2.30. The van der Waals surface area contributed by atoms with Gasteiger partial charge in [-0.2, -0.15) is 0 Å². The molecule has 16 heavy (non-hydrogen) atoms. The molecular weight excluding hydrogens is 208 g/mol. The molecule has 0 aliphatic rings. The van der Waals surface area contributed by atoms with Crippen molar-refractivity contribution >= 4 is 11.0 Å². The number of aromatic hydroxyl groups is 1. The molecule has 0 atom stereocenters. The van der Waals surface area contributed by atoms with Gasteiger partial charge in [-0.15, -0.1) is 0 Å². The van der Waals surface area contributed by atoms with Crippen molar-refractivity contribution in [1.29, 1.82) is 0 Å². The highest BCUT2D eigenvalue weighted by Gasteiger charge is 2.04. The maximum atomic E-state index is 11.4. The van der Waals surface area contributed by atoms with Crippen LogP contribution in [0.2, 0.25) is 0 Å². The summed E-state index contributed by atoms with van der Waals surface area (Å²) in [5, 5.41) is 18.3. The molecule has 0 spiro atoms. The van der Waals surface area contributed by atoms with Crippen molar-refractivity contribution in [2.24, 2.45) is 0 Å². The van der Waals surface area contributed by atoms with Crippen LogP contribution in [0.25, 0.3) is 11.0 Å². The first kappa shape index (κ1) is 12.3. The third-order valence-electron chi connectivity index (χ3n) is 1.92. The zero-order chi connectivity index (χ0) is 12.1. The van der Waals surface area contributed by atoms with E-state index >= 15 is 0 Å². The number of aliphatic hydroxyl groups is 1. The number of hydrogen-bond donors (Lipinski definition) is 2. The molecule has 1 aromatic carbocycles. The van der Waals surface area contributed by atoms with E-state index in [2.05, 4.69) is 0 Å². The highest BCUT2D eigenvalue weighted by atomic mass is 16.4. The summed E-state index contributed by atoms with van der Waals surface area (Å²) < 4.78 is 5.16. The molecule has 0 bridgehead atoms. The minimum atomic E-state index is -0.333. The Morgan fingerprint density at radius 3 is 2.56 bits per heavy atom. The quantitative estimate of drug-likeness (QED) is 0.774. The summed E-state index contributed by atoms with van der Waals surface area (Å²) in [6, 6.07) is 5.48. The fourth-order valence-electron chi connectivity index (χ4n) is 1.27. The van der Waals surface area contributed by atoms with Crippen molar-refractivity contribution in [2.75, 3.05) is 0 Å². The first-order valence-corrected chi connectivity index (χ1v) is 5.07. The summed E-state index contributed by atoms with van der Waals surface area (Å²) >= 11 is 0. The summed E-state index contributed by atoms with van der Waals surface area (Å²) in [7, 11) is 0. The van der Waals surface area contributed by atoms with Crippen LogP contribution in [0, 0.1) is 0 Å². The minimum Gasteiger partial charge on any atom is -0.508 e. The number of phenols is 1. The van der Waals surface area contributed by atoms with Crippen LogP contribution >= 0.6 is 0 Å². The van der Waals surface area contributed by atoms with Crippen molar-refractivity contribution in [3.8, 4) is 5.75 Å². The molecule has 1 heterocycles. The van der Waals surface area contributed by atoms with Crippen LogP contribution in [0.15, 0.2) is 33.5 Å². The van der Waals surface area contributed by atoms with E-state index in [0.717, 1.165) is 0 Å². The Hall–Kier alpha value is -1.81. The molecule has 0 fully saturated rings. The Balaban J connectivity index is 0.000000606. The van der Waals surface area contributed by atoms with Gasteiger partial charge in [0.05, 0.1) is 5.39 Å². The largest absolute Gasteiger partial charge is 0.508 e. The molecule has 2 N–H and O–H groups in total. The van der Waals surface area contributed by atoms with Crippen LogP contribution in [0.4, 0.5) is 0 Å². The summed E-state index contributed by atoms with van der Waals surface area (Å²) in [6.07, 6.45) is 0. The monoisotopic (exact) mass is 222 g/mol. The van der Waals surface area contributed by atoms with Gasteiger partial charge in [-0.05, 0) is 12.1 Å². The fraction of sp³-hybridized carbons (Fsp3) is 0.250. The zero-order valence-corrected chi connectivity index (χ0v) is 9.23. The molecule has 0 aliphatic carbocycles. The van der Waals surface area contributed by atoms with Gasteiger partial charge in [-0.25, -0.2) is 0 Å². The molecule has 4 heteroatoms. The Morgan fingerprint density at radius 1 is 1.25 bits per heavy atom. The van der Waals surface area contributed by atoms with Crippen LogP contribution in [0.5, 0.6) is 5.75 Å². The molecular formula is C12H14O4. The van der Waals surface area contributed by atoms with Gasteiger partial charge in [0.25, 0.3) is 0 Å². The molecule has 1 aromatic heterocycles. The zero-order valence-electron chi connectivity index (χ0n) is 9.23. The fourth-order valence-corrected chi connectivity index (χ4v) is 1.27. The van der Waals surface area contributed by atoms with E-state index in [-0.39, 0.29) is 29.1 Å². The van der Waals surface area contributed by atoms with Gasteiger partial charge in [-0.3, -0.25) is 4.79 Å². The number of benzene rings is 1. The van der Waals surface area contributed by atoms with E-state index in [0.29, 0.717) is 5.39 Å². The normalized spacial score (nSPS) is 9.69. The average molecular weight is 222 g/mol. The van der Waals surface area contributed by atoms with Gasteiger partial charge < -0.3 is 14.6 Å². The van der Waals surface area contributed by atoms with Gasteiger partial charge in [0.2, 0.25) is 0 Å². The molecule has 0 saturated heterocycles. The predicted octanol–water partition coefficient (Wildman–Crippen LogP) is 2.02. The van der Waals surface area contributed by atoms with Crippen LogP contribution in [-0.2, 0) is 6.61 Å². The Morgan fingerprint density at radius 2 is 1.94 bits per heavy atom. The standard InChI is InChI=1S/C10H8O4.C2H6/c11-5-7-4-9(13)8-2-1-6(12)3-10(8)14-7;1-2/h1-4,11-12H,5H2;1-2H3. The van der Waals surface area contributed by atoms with E-state index in [4.69, 9.17) is 14.6 Å². The Bertz CT molecular complexity index is 528. The number of rotatable bonds is 1. The van der Waals surface area contributed by atoms with E-state index in [1.165, 1.54) is 24.3 Å². The predicted molar refractivity (Wildman–Crippen MR) is 61.4 cm³/mol. The molecule has 86 valence electrons. The summed E-state index contributed by atoms with van der Waals surface area (Å²) in [5.41, 5.74) is 0.0526. The number of phenolic OH excluding ortho intramolecular Hbond substituents is 1. The number of fused-ring (bicyclic) bond motifs is 1. The van der Waals surface area contributed by atoms with Gasteiger partial charge in [0.15, 0.2) is 5.43 Å². The lowest BCUT2D eigenvalue weighted by Crippen LogP contribution is -2.01. The third kappa shape index (κ3) is 2.41. The van der Waals surface area contributed by atoms with Crippen molar-refractivity contribution in [1.82, 2.24) is 0 Å². The topological polar surface area (TPSA) is 70.7 Å². The van der Waals surface area contributed by atoms with Crippen molar-refractivity contribution in [3.63, 3.8) is 0 Å². The van der Waals surface area contributed by atoms with Gasteiger partial charge in [0.1, 0.15) is 23.7 Å². The summed E-state index contributed by atoms with van der Waals surface area (Å²) in [6.45, 7) is 3.67. The highest BCUT2D eigenvalue weighted by molar-refractivity contribution is 5.77. The Kier molecular flexibility index (Phi) is 4.08. The first-order chi connectivity index (χ1) is 7.70. The maximum absolute atomic E-state index is 11.4. The van der Waals surface area contributed by atoms with E-state index in [9.17, 15) is 4.79 Å². The SMILES string of the molecule is CC.O=c1cc(CO)oc2cc(O)ccc12. The molecule has 0 saturated carbocycles. The highest BCUT2D eigenvalue weighted by Crippen LogP contribution is 2.18. The third-order valence-corrected chi connectivity index (χ3v) is 1.92. The van der Waals surface area contributed by atoms with Crippen LogP contribution < -0.4 is 5.43 Å². The molecule has 0 amide bonds. The molecule has 0 radical (unpaired) electrons. The Labute approximate surface area is 92.8 Å². The lowest BCUT2D eigenvalue weighted by atomic mass is 10.2. The van der Waals surface area contributed by atoms with E-state index in [1.54, 1.807) is 0 Å². The van der Waals surface area contributed by atoms with Crippen LogP contribution in [-0.4, -0.2) is 10.2 Å². The summed E-state index contributed by atoms with van der Waals surface area (Å²) in [5.74, 6) is 0.212. The summed E-state index contributed by atoms with van der Waals surface area (Å²) in [4.78, 5) is 11.4. The maximum Gasteiger partial charge on any atom is 0.193 e. The van der Waals surface area contributed by atoms with Crippen LogP contribution in [0.3, 0.4) is 0 Å². The molecule has 2 rings (SSSR count). The van der Waals surface area contributed by atoms with Crippen molar-refractivity contribution in [2.45, 2.75) is 20.5 Å². The number of aliphatic hydroxyl groups excluding tert-OH is 1. The second-order valence-corrected chi connectivity index (χ2v) is 2.92. The molecule has 0 unspecified atom stereocenters. The van der Waals surface area contributed by atoms with Gasteiger partial charge in [-0.1, -0.05) is 13.8 Å². The lowest BCUT2D eigenvalue weighted by molar-refractivity contribution is 0.248. The number of hydrogen-bond acceptors (Lipinski definition) is 4. The van der Waals surface area contributed by atoms with E-state index in [1.807, 2.05) is 13.8 Å². The molecule has 2 aromatic rings. The van der Waals surface area contributed by atoms with Crippen molar-refractivity contribution in [3.05, 3.63) is 40.2 Å². The van der Waals surface area contributed by atoms with E-state index < -0.39 is 0 Å². The smallest absolute Gasteiger partial charge is 0.193 e. The first-order valence-electron chi connectivity index (χ1n) is 5.07. The lowest BCUT2D eigenvalue weighted by Gasteiger charge is -1.99. The van der Waals surface area contributed by atoms with Crippen LogP contribution in [0.1, 0.15) is 19.6 Å². The van der Waals surface area contributed by atoms with Crippen molar-refractivity contribution < 1.29 is 14.6 Å².